The van der Waals surface area contributed by atoms with Crippen molar-refractivity contribution < 1.29 is 19.2 Å². The van der Waals surface area contributed by atoms with Crippen molar-refractivity contribution in [2.75, 3.05) is 13.7 Å². The summed E-state index contributed by atoms with van der Waals surface area (Å²) < 4.78 is 9.59. The Labute approximate surface area is 118 Å². The molecule has 0 radical (unpaired) electrons. The molecule has 0 fully saturated rings. The van der Waals surface area contributed by atoms with E-state index in [1.807, 2.05) is 0 Å². The number of benzene rings is 1. The molecule has 0 aliphatic rings. The number of nitrogens with two attached hydrogens (primary N) is 1. The fourth-order valence-electron chi connectivity index (χ4n) is 1.18. The van der Waals surface area contributed by atoms with Crippen LogP contribution in [0.3, 0.4) is 0 Å². The topological polar surface area (TPSA) is 105 Å². The number of non-ortho nitro benzene ring substituents is 1. The van der Waals surface area contributed by atoms with Crippen molar-refractivity contribution in [1.29, 1.82) is 0 Å². The molecule has 1 atom stereocenters. The van der Waals surface area contributed by atoms with Gasteiger partial charge in [0.1, 0.15) is 12.6 Å². The van der Waals surface area contributed by atoms with Crippen LogP contribution in [0.15, 0.2) is 12.1 Å². The molecule has 0 bridgehead atoms. The van der Waals surface area contributed by atoms with Gasteiger partial charge in [0, 0.05) is 12.1 Å². The first kappa shape index (κ1) is 15.5. The molecule has 7 nitrogen and oxygen atoms in total. The lowest BCUT2D eigenvalue weighted by molar-refractivity contribution is -0.384. The molecule has 1 aromatic carbocycles. The Balaban J connectivity index is 2.85. The number of halogens is 2. The zero-order valence-corrected chi connectivity index (χ0v) is 11.3. The smallest absolute Gasteiger partial charge is 0.326 e. The highest BCUT2D eigenvalue weighted by Gasteiger charge is 2.19. The van der Waals surface area contributed by atoms with E-state index < -0.39 is 16.9 Å². The number of esters is 1. The monoisotopic (exact) mass is 308 g/mol. The van der Waals surface area contributed by atoms with Gasteiger partial charge in [0.05, 0.1) is 22.1 Å². The molecule has 0 aliphatic carbocycles. The molecule has 0 spiro atoms. The Kier molecular flexibility index (Phi) is 5.34. The first-order chi connectivity index (χ1) is 8.86. The number of nitrogens with zero attached hydrogens (tertiary/aromatic N) is 1. The van der Waals surface area contributed by atoms with E-state index >= 15 is 0 Å². The van der Waals surface area contributed by atoms with Gasteiger partial charge in [-0.05, 0) is 0 Å². The third-order valence-corrected chi connectivity index (χ3v) is 2.67. The summed E-state index contributed by atoms with van der Waals surface area (Å²) in [5.41, 5.74) is 5.20. The number of hydrogen-bond donors (Lipinski definition) is 1. The van der Waals surface area contributed by atoms with Crippen LogP contribution >= 0.6 is 23.2 Å². The number of ether oxygens (including phenoxy) is 2. The van der Waals surface area contributed by atoms with Crippen molar-refractivity contribution >= 4 is 34.9 Å². The van der Waals surface area contributed by atoms with Crippen molar-refractivity contribution in [3.05, 3.63) is 32.3 Å². The standard InChI is InChI=1S/C10H10Cl2N2O5/c1-18-10(15)8(13)4-19-9-6(11)2-5(14(16)17)3-7(9)12/h2-3,8H,4,13H2,1H3. The van der Waals surface area contributed by atoms with Crippen molar-refractivity contribution in [1.82, 2.24) is 0 Å². The van der Waals surface area contributed by atoms with E-state index in [-0.39, 0.29) is 28.1 Å². The van der Waals surface area contributed by atoms with Gasteiger partial charge in [-0.3, -0.25) is 14.9 Å². The van der Waals surface area contributed by atoms with Gasteiger partial charge in [0.2, 0.25) is 0 Å². The third-order valence-electron chi connectivity index (χ3n) is 2.11. The number of carbonyl (C=O) groups is 1. The summed E-state index contributed by atoms with van der Waals surface area (Å²) in [5.74, 6) is -0.637. The molecule has 0 aliphatic heterocycles. The van der Waals surface area contributed by atoms with Crippen molar-refractivity contribution in [3.8, 4) is 5.75 Å². The summed E-state index contributed by atoms with van der Waals surface area (Å²) >= 11 is 11.6. The van der Waals surface area contributed by atoms with E-state index in [0.29, 0.717) is 0 Å². The lowest BCUT2D eigenvalue weighted by Gasteiger charge is -2.13. The Morgan fingerprint density at radius 3 is 2.42 bits per heavy atom. The number of methoxy groups -OCH3 is 1. The SMILES string of the molecule is COC(=O)C(N)COc1c(Cl)cc([N+](=O)[O-])cc1Cl. The minimum absolute atomic E-state index is 0.0216. The molecule has 0 amide bonds. The maximum atomic E-state index is 11.1. The average Bonchev–Trinajstić information content (AvgIpc) is 2.36. The zero-order valence-electron chi connectivity index (χ0n) is 9.76. The van der Waals surface area contributed by atoms with Gasteiger partial charge in [0.25, 0.3) is 5.69 Å². The third kappa shape index (κ3) is 3.95. The summed E-state index contributed by atoms with van der Waals surface area (Å²) in [5, 5.41) is 10.5. The molecule has 104 valence electrons. The zero-order chi connectivity index (χ0) is 14.6. The summed E-state index contributed by atoms with van der Waals surface area (Å²) in [7, 11) is 1.19. The van der Waals surface area contributed by atoms with Crippen LogP contribution in [0.25, 0.3) is 0 Å². The molecular weight excluding hydrogens is 299 g/mol. The molecule has 0 heterocycles. The molecule has 0 saturated carbocycles. The van der Waals surface area contributed by atoms with Crippen LogP contribution in [-0.4, -0.2) is 30.7 Å². The van der Waals surface area contributed by atoms with Gasteiger partial charge in [-0.15, -0.1) is 0 Å². The number of carbonyl (C=O) groups excluding carboxylic acids is 1. The largest absolute Gasteiger partial charge is 0.488 e. The number of nitro benzene ring substituents is 1. The molecule has 1 rings (SSSR count). The van der Waals surface area contributed by atoms with Crippen LogP contribution in [-0.2, 0) is 9.53 Å². The Morgan fingerprint density at radius 1 is 1.47 bits per heavy atom. The first-order valence-corrected chi connectivity index (χ1v) is 5.72. The minimum atomic E-state index is -1.01. The molecule has 0 saturated heterocycles. The van der Waals surface area contributed by atoms with E-state index in [4.69, 9.17) is 33.7 Å². The predicted octanol–water partition coefficient (Wildman–Crippen LogP) is 1.78. The van der Waals surface area contributed by atoms with Gasteiger partial charge < -0.3 is 15.2 Å². The highest BCUT2D eigenvalue weighted by atomic mass is 35.5. The van der Waals surface area contributed by atoms with Gasteiger partial charge >= 0.3 is 5.97 Å². The van der Waals surface area contributed by atoms with Crippen molar-refractivity contribution in [2.45, 2.75) is 6.04 Å². The Morgan fingerprint density at radius 2 is 2.00 bits per heavy atom. The van der Waals surface area contributed by atoms with Gasteiger partial charge in [0.15, 0.2) is 5.75 Å². The minimum Gasteiger partial charge on any atom is -0.488 e. The summed E-state index contributed by atoms with van der Waals surface area (Å²) in [6, 6.07) is 1.17. The Hall–Kier alpha value is -1.57. The second kappa shape index (κ2) is 6.55. The van der Waals surface area contributed by atoms with E-state index in [1.165, 1.54) is 7.11 Å². The van der Waals surface area contributed by atoms with Crippen LogP contribution in [0.4, 0.5) is 5.69 Å². The molecule has 1 unspecified atom stereocenters. The first-order valence-electron chi connectivity index (χ1n) is 4.96. The molecule has 0 aromatic heterocycles. The van der Waals surface area contributed by atoms with Crippen molar-refractivity contribution in [3.63, 3.8) is 0 Å². The van der Waals surface area contributed by atoms with E-state index in [0.717, 1.165) is 12.1 Å². The van der Waals surface area contributed by atoms with Gasteiger partial charge in [-0.2, -0.15) is 0 Å². The van der Waals surface area contributed by atoms with E-state index in [2.05, 4.69) is 4.74 Å². The van der Waals surface area contributed by atoms with E-state index in [1.54, 1.807) is 0 Å². The average molecular weight is 309 g/mol. The van der Waals surface area contributed by atoms with E-state index in [9.17, 15) is 14.9 Å². The fraction of sp³-hybridized carbons (Fsp3) is 0.300. The lowest BCUT2D eigenvalue weighted by Crippen LogP contribution is -2.37. The lowest BCUT2D eigenvalue weighted by atomic mass is 10.3. The highest BCUT2D eigenvalue weighted by molar-refractivity contribution is 6.37. The van der Waals surface area contributed by atoms with Crippen LogP contribution in [0.2, 0.25) is 10.0 Å². The fourth-order valence-corrected chi connectivity index (χ4v) is 1.77. The van der Waals surface area contributed by atoms with Crippen LogP contribution in [0.1, 0.15) is 0 Å². The summed E-state index contributed by atoms with van der Waals surface area (Å²) in [6.45, 7) is -0.218. The van der Waals surface area contributed by atoms with Crippen LogP contribution in [0, 0.1) is 10.1 Å². The quantitative estimate of drug-likeness (QED) is 0.505. The molecule has 19 heavy (non-hydrogen) atoms. The molecular formula is C10H10Cl2N2O5. The van der Waals surface area contributed by atoms with Crippen molar-refractivity contribution in [2.24, 2.45) is 5.73 Å². The number of rotatable bonds is 5. The number of nitro groups is 1. The number of hydrogen-bond acceptors (Lipinski definition) is 6. The van der Waals surface area contributed by atoms with Gasteiger partial charge in [-0.25, -0.2) is 0 Å². The second-order valence-corrected chi connectivity index (χ2v) is 4.25. The maximum absolute atomic E-state index is 11.1. The maximum Gasteiger partial charge on any atom is 0.326 e. The summed E-state index contributed by atoms with van der Waals surface area (Å²) in [4.78, 5) is 21.0. The van der Waals surface area contributed by atoms with Crippen LogP contribution < -0.4 is 10.5 Å². The normalized spacial score (nSPS) is 11.8. The van der Waals surface area contributed by atoms with Crippen LogP contribution in [0.5, 0.6) is 5.75 Å². The predicted molar refractivity (Wildman–Crippen MR) is 68.6 cm³/mol. The van der Waals surface area contributed by atoms with Gasteiger partial charge in [-0.1, -0.05) is 23.2 Å². The molecule has 1 aromatic rings. The molecule has 2 N–H and O–H groups in total. The Bertz CT molecular complexity index is 486. The summed E-state index contributed by atoms with van der Waals surface area (Å²) in [6.07, 6.45) is 0. The highest BCUT2D eigenvalue weighted by Crippen LogP contribution is 2.36. The second-order valence-electron chi connectivity index (χ2n) is 3.44. The molecule has 9 heteroatoms.